The van der Waals surface area contributed by atoms with Crippen LogP contribution in [0.5, 0.6) is 0 Å². The molecule has 0 spiro atoms. The maximum atomic E-state index is 5.07. The summed E-state index contributed by atoms with van der Waals surface area (Å²) in [6.07, 6.45) is 3.40. The Balaban J connectivity index is 1.78. The first kappa shape index (κ1) is 14.8. The SMILES string of the molecule is COCCCNc1cc(NC2CC2)nc(-c2ccccc2)n1. The van der Waals surface area contributed by atoms with Gasteiger partial charge in [0.15, 0.2) is 5.82 Å². The zero-order valence-corrected chi connectivity index (χ0v) is 12.9. The third kappa shape index (κ3) is 4.18. The predicted octanol–water partition coefficient (Wildman–Crippen LogP) is 3.17. The van der Waals surface area contributed by atoms with Crippen molar-refractivity contribution >= 4 is 11.6 Å². The Hall–Kier alpha value is -2.14. The van der Waals surface area contributed by atoms with Gasteiger partial charge < -0.3 is 15.4 Å². The van der Waals surface area contributed by atoms with Gasteiger partial charge in [0.1, 0.15) is 11.6 Å². The lowest BCUT2D eigenvalue weighted by Crippen LogP contribution is -2.10. The highest BCUT2D eigenvalue weighted by Crippen LogP contribution is 2.26. The van der Waals surface area contributed by atoms with E-state index >= 15 is 0 Å². The smallest absolute Gasteiger partial charge is 0.163 e. The van der Waals surface area contributed by atoms with Crippen molar-refractivity contribution in [2.24, 2.45) is 0 Å². The molecular weight excluding hydrogens is 276 g/mol. The van der Waals surface area contributed by atoms with Gasteiger partial charge in [0, 0.05) is 37.9 Å². The quantitative estimate of drug-likeness (QED) is 0.733. The zero-order chi connectivity index (χ0) is 15.2. The van der Waals surface area contributed by atoms with Gasteiger partial charge in [0.2, 0.25) is 0 Å². The van der Waals surface area contributed by atoms with Gasteiger partial charge in [-0.05, 0) is 19.3 Å². The van der Waals surface area contributed by atoms with Crippen molar-refractivity contribution < 1.29 is 4.74 Å². The van der Waals surface area contributed by atoms with Gasteiger partial charge in [-0.15, -0.1) is 0 Å². The number of hydrogen-bond donors (Lipinski definition) is 2. The summed E-state index contributed by atoms with van der Waals surface area (Å²) in [5.41, 5.74) is 1.03. The maximum Gasteiger partial charge on any atom is 0.163 e. The summed E-state index contributed by atoms with van der Waals surface area (Å²) >= 11 is 0. The minimum Gasteiger partial charge on any atom is -0.385 e. The summed E-state index contributed by atoms with van der Waals surface area (Å²) in [4.78, 5) is 9.27. The van der Waals surface area contributed by atoms with E-state index in [-0.39, 0.29) is 0 Å². The fourth-order valence-corrected chi connectivity index (χ4v) is 2.20. The number of anilines is 2. The fraction of sp³-hybridized carbons (Fsp3) is 0.412. The second-order valence-corrected chi connectivity index (χ2v) is 5.52. The number of hydrogen-bond acceptors (Lipinski definition) is 5. The topological polar surface area (TPSA) is 59.1 Å². The molecule has 3 rings (SSSR count). The van der Waals surface area contributed by atoms with E-state index in [4.69, 9.17) is 4.74 Å². The number of methoxy groups -OCH3 is 1. The minimum absolute atomic E-state index is 0.569. The molecule has 5 heteroatoms. The first-order valence-corrected chi connectivity index (χ1v) is 7.79. The summed E-state index contributed by atoms with van der Waals surface area (Å²) in [5, 5.41) is 6.80. The average Bonchev–Trinajstić information content (AvgIpc) is 3.36. The molecule has 1 aliphatic carbocycles. The van der Waals surface area contributed by atoms with Crippen LogP contribution in [0.4, 0.5) is 11.6 Å². The molecule has 2 aromatic rings. The molecule has 0 aliphatic heterocycles. The van der Waals surface area contributed by atoms with Gasteiger partial charge in [-0.25, -0.2) is 9.97 Å². The Morgan fingerprint density at radius 1 is 1.14 bits per heavy atom. The Bertz CT molecular complexity index is 599. The van der Waals surface area contributed by atoms with E-state index in [0.29, 0.717) is 6.04 Å². The number of aromatic nitrogens is 2. The van der Waals surface area contributed by atoms with Gasteiger partial charge in [-0.1, -0.05) is 30.3 Å². The van der Waals surface area contributed by atoms with E-state index in [9.17, 15) is 0 Å². The molecule has 116 valence electrons. The highest BCUT2D eigenvalue weighted by Gasteiger charge is 2.22. The first-order chi connectivity index (χ1) is 10.8. The van der Waals surface area contributed by atoms with Crippen LogP contribution < -0.4 is 10.6 Å². The number of rotatable bonds is 8. The molecule has 0 atom stereocenters. The van der Waals surface area contributed by atoms with E-state index in [2.05, 4.69) is 20.6 Å². The van der Waals surface area contributed by atoms with E-state index < -0.39 is 0 Å². The number of ether oxygens (including phenoxy) is 1. The van der Waals surface area contributed by atoms with Crippen LogP contribution in [0, 0.1) is 0 Å². The molecular formula is C17H22N4O. The van der Waals surface area contributed by atoms with Crippen molar-refractivity contribution in [3.8, 4) is 11.4 Å². The van der Waals surface area contributed by atoms with Gasteiger partial charge in [0.05, 0.1) is 0 Å². The van der Waals surface area contributed by atoms with Crippen LogP contribution in [0.25, 0.3) is 11.4 Å². The van der Waals surface area contributed by atoms with E-state index in [1.54, 1.807) is 7.11 Å². The number of nitrogens with zero attached hydrogens (tertiary/aromatic N) is 2. The highest BCUT2D eigenvalue weighted by molar-refractivity contribution is 5.61. The maximum absolute atomic E-state index is 5.07. The second-order valence-electron chi connectivity index (χ2n) is 5.52. The molecule has 0 radical (unpaired) electrons. The molecule has 0 bridgehead atoms. The highest BCUT2D eigenvalue weighted by atomic mass is 16.5. The van der Waals surface area contributed by atoms with Crippen molar-refractivity contribution in [2.45, 2.75) is 25.3 Å². The van der Waals surface area contributed by atoms with Gasteiger partial charge in [-0.3, -0.25) is 0 Å². The third-order valence-corrected chi connectivity index (χ3v) is 3.52. The van der Waals surface area contributed by atoms with Crippen LogP contribution in [-0.2, 0) is 4.74 Å². The second kappa shape index (κ2) is 7.22. The normalized spacial score (nSPS) is 13.9. The molecule has 1 fully saturated rings. The molecule has 0 unspecified atom stereocenters. The van der Waals surface area contributed by atoms with Crippen LogP contribution in [-0.4, -0.2) is 36.3 Å². The Morgan fingerprint density at radius 2 is 1.91 bits per heavy atom. The van der Waals surface area contributed by atoms with E-state index in [1.165, 1.54) is 12.8 Å². The summed E-state index contributed by atoms with van der Waals surface area (Å²) in [7, 11) is 1.72. The first-order valence-electron chi connectivity index (χ1n) is 7.79. The molecule has 0 saturated heterocycles. The standard InChI is InChI=1S/C17H22N4O/c1-22-11-5-10-18-15-12-16(19-14-8-9-14)21-17(20-15)13-6-3-2-4-7-13/h2-4,6-7,12,14H,5,8-11H2,1H3,(H2,18,19,20,21). The molecule has 2 N–H and O–H groups in total. The molecule has 5 nitrogen and oxygen atoms in total. The summed E-state index contributed by atoms with van der Waals surface area (Å²) in [6, 6.07) is 12.6. The van der Waals surface area contributed by atoms with Gasteiger partial charge >= 0.3 is 0 Å². The monoisotopic (exact) mass is 298 g/mol. The van der Waals surface area contributed by atoms with Gasteiger partial charge in [-0.2, -0.15) is 0 Å². The van der Waals surface area contributed by atoms with Crippen LogP contribution in [0.1, 0.15) is 19.3 Å². The fourth-order valence-electron chi connectivity index (χ4n) is 2.20. The van der Waals surface area contributed by atoms with Crippen molar-refractivity contribution in [3.05, 3.63) is 36.4 Å². The summed E-state index contributed by atoms with van der Waals surface area (Å²) < 4.78 is 5.07. The van der Waals surface area contributed by atoms with Crippen molar-refractivity contribution in [1.29, 1.82) is 0 Å². The lowest BCUT2D eigenvalue weighted by molar-refractivity contribution is 0.198. The largest absolute Gasteiger partial charge is 0.385 e. The predicted molar refractivity (Wildman–Crippen MR) is 89.1 cm³/mol. The van der Waals surface area contributed by atoms with Crippen LogP contribution >= 0.6 is 0 Å². The number of nitrogens with one attached hydrogen (secondary N) is 2. The molecule has 1 saturated carbocycles. The van der Waals surface area contributed by atoms with Gasteiger partial charge in [0.25, 0.3) is 0 Å². The summed E-state index contributed by atoms with van der Waals surface area (Å²) in [6.45, 7) is 1.58. The molecule has 1 heterocycles. The average molecular weight is 298 g/mol. The molecule has 22 heavy (non-hydrogen) atoms. The van der Waals surface area contributed by atoms with Crippen molar-refractivity contribution in [1.82, 2.24) is 9.97 Å². The minimum atomic E-state index is 0.569. The van der Waals surface area contributed by atoms with Crippen molar-refractivity contribution in [2.75, 3.05) is 30.9 Å². The molecule has 1 aromatic heterocycles. The Labute approximate surface area is 131 Å². The van der Waals surface area contributed by atoms with Crippen LogP contribution in [0.3, 0.4) is 0 Å². The molecule has 1 aromatic carbocycles. The van der Waals surface area contributed by atoms with Crippen molar-refractivity contribution in [3.63, 3.8) is 0 Å². The third-order valence-electron chi connectivity index (χ3n) is 3.52. The molecule has 0 amide bonds. The van der Waals surface area contributed by atoms with E-state index in [0.717, 1.165) is 42.6 Å². The Morgan fingerprint density at radius 3 is 2.64 bits per heavy atom. The number of benzene rings is 1. The lowest BCUT2D eigenvalue weighted by Gasteiger charge is -2.11. The lowest BCUT2D eigenvalue weighted by atomic mass is 10.2. The van der Waals surface area contributed by atoms with E-state index in [1.807, 2.05) is 36.4 Å². The molecule has 1 aliphatic rings. The van der Waals surface area contributed by atoms with Crippen LogP contribution in [0.2, 0.25) is 0 Å². The Kier molecular flexibility index (Phi) is 4.85. The summed E-state index contributed by atoms with van der Waals surface area (Å²) in [5.74, 6) is 2.50. The van der Waals surface area contributed by atoms with Crippen LogP contribution in [0.15, 0.2) is 36.4 Å². The zero-order valence-electron chi connectivity index (χ0n) is 12.9.